The van der Waals surface area contributed by atoms with Gasteiger partial charge >= 0.3 is 19.8 Å². The lowest BCUT2D eigenvalue weighted by Crippen LogP contribution is -2.04. The van der Waals surface area contributed by atoms with Crippen LogP contribution in [0, 0.1) is 0 Å². The molecule has 0 aliphatic rings. The van der Waals surface area contributed by atoms with E-state index < -0.39 is 19.8 Å². The van der Waals surface area contributed by atoms with E-state index in [-0.39, 0.29) is 0 Å². The first-order chi connectivity index (χ1) is 5.91. The van der Waals surface area contributed by atoms with Gasteiger partial charge in [-0.05, 0) is 0 Å². The molecular formula is C6H7O6P. The summed E-state index contributed by atoms with van der Waals surface area (Å²) < 4.78 is 18.4. The van der Waals surface area contributed by atoms with Crippen LogP contribution in [-0.4, -0.2) is 16.8 Å². The fourth-order valence-electron chi connectivity index (χ4n) is 0.321. The Labute approximate surface area is 74.1 Å². The molecule has 0 saturated heterocycles. The maximum atomic E-state index is 10.7. The number of hydrogen-bond donors (Lipinski definition) is 1. The zero-order valence-corrected chi connectivity index (χ0v) is 7.40. The zero-order valence-electron chi connectivity index (χ0n) is 6.50. The van der Waals surface area contributed by atoms with Gasteiger partial charge in [0, 0.05) is 12.2 Å². The topological polar surface area (TPSA) is 89.9 Å². The van der Waals surface area contributed by atoms with E-state index in [4.69, 9.17) is 4.89 Å². The molecule has 0 aromatic heterocycles. The molecule has 0 unspecified atom stereocenters. The lowest BCUT2D eigenvalue weighted by molar-refractivity contribution is -0.134. The summed E-state index contributed by atoms with van der Waals surface area (Å²) in [6, 6.07) is 0. The fourth-order valence-corrected chi connectivity index (χ4v) is 0.962. The molecule has 7 heteroatoms. The van der Waals surface area contributed by atoms with Crippen molar-refractivity contribution in [2.24, 2.45) is 0 Å². The molecule has 0 rings (SSSR count). The van der Waals surface area contributed by atoms with Gasteiger partial charge in [-0.3, -0.25) is 4.89 Å². The van der Waals surface area contributed by atoms with Crippen LogP contribution < -0.4 is 0 Å². The Morgan fingerprint density at radius 2 is 1.46 bits per heavy atom. The second-order valence-electron chi connectivity index (χ2n) is 1.70. The molecule has 0 aromatic rings. The van der Waals surface area contributed by atoms with Crippen molar-refractivity contribution < 1.29 is 28.1 Å². The first kappa shape index (κ1) is 11.6. The predicted octanol–water partition coefficient (Wildman–Crippen LogP) is 0.545. The summed E-state index contributed by atoms with van der Waals surface area (Å²) in [7, 11) is -4.68. The van der Waals surface area contributed by atoms with Gasteiger partial charge < -0.3 is 9.05 Å². The van der Waals surface area contributed by atoms with Crippen LogP contribution in [0.4, 0.5) is 0 Å². The summed E-state index contributed by atoms with van der Waals surface area (Å²) in [5.41, 5.74) is 0. The van der Waals surface area contributed by atoms with E-state index in [1.54, 1.807) is 0 Å². The van der Waals surface area contributed by atoms with Gasteiger partial charge in [-0.2, -0.15) is 0 Å². The normalized spacial score (nSPS) is 9.92. The molecule has 0 aliphatic carbocycles. The van der Waals surface area contributed by atoms with E-state index in [9.17, 15) is 14.2 Å². The van der Waals surface area contributed by atoms with E-state index in [0.29, 0.717) is 12.2 Å². The van der Waals surface area contributed by atoms with Gasteiger partial charge in [0.1, 0.15) is 0 Å². The van der Waals surface area contributed by atoms with Crippen molar-refractivity contribution in [3.05, 3.63) is 25.3 Å². The molecule has 0 aliphatic heterocycles. The third kappa shape index (κ3) is 4.95. The van der Waals surface area contributed by atoms with Crippen molar-refractivity contribution in [2.45, 2.75) is 0 Å². The maximum Gasteiger partial charge on any atom is 0.589 e. The third-order valence-corrected chi connectivity index (χ3v) is 1.57. The van der Waals surface area contributed by atoms with Gasteiger partial charge in [0.05, 0.1) is 0 Å². The van der Waals surface area contributed by atoms with Crippen LogP contribution in [0.5, 0.6) is 0 Å². The SMILES string of the molecule is C=CC(=O)OP(=O)(O)OC(=O)C=C. The smallest absolute Gasteiger partial charge is 0.358 e. The quantitative estimate of drug-likeness (QED) is 0.533. The van der Waals surface area contributed by atoms with Gasteiger partial charge in [-0.25, -0.2) is 14.2 Å². The largest absolute Gasteiger partial charge is 0.589 e. The summed E-state index contributed by atoms with van der Waals surface area (Å²) >= 11 is 0. The lowest BCUT2D eigenvalue weighted by Gasteiger charge is -2.07. The zero-order chi connectivity index (χ0) is 10.5. The number of phosphoric acid groups is 1. The number of carbonyl (C=O) groups is 2. The average Bonchev–Trinajstić information content (AvgIpc) is 2.02. The van der Waals surface area contributed by atoms with Crippen LogP contribution >= 0.6 is 7.82 Å². The van der Waals surface area contributed by atoms with Crippen molar-refractivity contribution in [2.75, 3.05) is 0 Å². The molecule has 0 heterocycles. The Kier molecular flexibility index (Phi) is 4.10. The fraction of sp³-hybridized carbons (Fsp3) is 0. The molecule has 0 atom stereocenters. The maximum absolute atomic E-state index is 10.7. The summed E-state index contributed by atoms with van der Waals surface area (Å²) in [5, 5.41) is 0. The molecule has 13 heavy (non-hydrogen) atoms. The monoisotopic (exact) mass is 206 g/mol. The molecule has 0 radical (unpaired) electrons. The minimum Gasteiger partial charge on any atom is -0.358 e. The third-order valence-electron chi connectivity index (χ3n) is 0.744. The molecule has 0 amide bonds. The van der Waals surface area contributed by atoms with Crippen molar-refractivity contribution in [3.63, 3.8) is 0 Å². The van der Waals surface area contributed by atoms with Crippen LogP contribution in [0.2, 0.25) is 0 Å². The van der Waals surface area contributed by atoms with E-state index >= 15 is 0 Å². The van der Waals surface area contributed by atoms with Crippen LogP contribution in [-0.2, 0) is 23.2 Å². The van der Waals surface area contributed by atoms with Crippen molar-refractivity contribution in [3.8, 4) is 0 Å². The molecule has 0 bridgehead atoms. The number of rotatable bonds is 4. The molecule has 72 valence electrons. The highest BCUT2D eigenvalue weighted by Gasteiger charge is 2.28. The van der Waals surface area contributed by atoms with Gasteiger partial charge in [0.15, 0.2) is 0 Å². The minimum absolute atomic E-state index is 0.657. The molecule has 0 saturated carbocycles. The Balaban J connectivity index is 4.32. The molecule has 1 N–H and O–H groups in total. The van der Waals surface area contributed by atoms with Gasteiger partial charge in [0.25, 0.3) is 0 Å². The van der Waals surface area contributed by atoms with E-state index in [1.165, 1.54) is 0 Å². The minimum atomic E-state index is -4.68. The van der Waals surface area contributed by atoms with Gasteiger partial charge in [-0.15, -0.1) is 0 Å². The lowest BCUT2D eigenvalue weighted by atomic mass is 10.7. The summed E-state index contributed by atoms with van der Waals surface area (Å²) in [5.74, 6) is -2.33. The van der Waals surface area contributed by atoms with E-state index in [1.807, 2.05) is 0 Å². The first-order valence-corrected chi connectivity index (χ1v) is 4.45. The summed E-state index contributed by atoms with van der Waals surface area (Å²) in [4.78, 5) is 29.5. The van der Waals surface area contributed by atoms with Crippen molar-refractivity contribution >= 4 is 19.8 Å². The average molecular weight is 206 g/mol. The Bertz CT molecular complexity index is 267. The Hall–Kier alpha value is -1.39. The highest BCUT2D eigenvalue weighted by atomic mass is 31.2. The Morgan fingerprint density at radius 3 is 1.69 bits per heavy atom. The summed E-state index contributed by atoms with van der Waals surface area (Å²) in [6.45, 7) is 5.95. The van der Waals surface area contributed by atoms with Crippen molar-refractivity contribution in [1.82, 2.24) is 0 Å². The van der Waals surface area contributed by atoms with Crippen LogP contribution in [0.25, 0.3) is 0 Å². The Morgan fingerprint density at radius 1 is 1.15 bits per heavy atom. The van der Waals surface area contributed by atoms with E-state index in [0.717, 1.165) is 0 Å². The van der Waals surface area contributed by atoms with Gasteiger partial charge in [0.2, 0.25) is 0 Å². The predicted molar refractivity (Wildman–Crippen MR) is 42.4 cm³/mol. The van der Waals surface area contributed by atoms with Crippen LogP contribution in [0.15, 0.2) is 25.3 Å². The van der Waals surface area contributed by atoms with Crippen LogP contribution in [0.3, 0.4) is 0 Å². The summed E-state index contributed by atoms with van der Waals surface area (Å²) in [6.07, 6.45) is 1.31. The molecule has 6 nitrogen and oxygen atoms in total. The van der Waals surface area contributed by atoms with E-state index in [2.05, 4.69) is 22.2 Å². The van der Waals surface area contributed by atoms with Gasteiger partial charge in [-0.1, -0.05) is 13.2 Å². The molecule has 0 fully saturated rings. The number of carbonyl (C=O) groups excluding carboxylic acids is 2. The second-order valence-corrected chi connectivity index (χ2v) is 3.00. The molecule has 0 spiro atoms. The molecular weight excluding hydrogens is 199 g/mol. The number of phosphoric ester groups is 1. The highest BCUT2D eigenvalue weighted by Crippen LogP contribution is 2.43. The first-order valence-electron chi connectivity index (χ1n) is 2.96. The second kappa shape index (κ2) is 4.59. The number of hydrogen-bond acceptors (Lipinski definition) is 5. The van der Waals surface area contributed by atoms with Crippen LogP contribution in [0.1, 0.15) is 0 Å². The standard InChI is InChI=1S/C6H7O6P/c1-3-5(7)11-13(9,10)12-6(8)4-2/h3-4H,1-2H2,(H,9,10). The van der Waals surface area contributed by atoms with Crippen molar-refractivity contribution in [1.29, 1.82) is 0 Å². The highest BCUT2D eigenvalue weighted by molar-refractivity contribution is 7.48. The molecule has 0 aromatic carbocycles.